The summed E-state index contributed by atoms with van der Waals surface area (Å²) in [6.07, 6.45) is 3.86. The third kappa shape index (κ3) is 3.27. The van der Waals surface area contributed by atoms with Crippen molar-refractivity contribution < 1.29 is 9.90 Å². The summed E-state index contributed by atoms with van der Waals surface area (Å²) in [4.78, 5) is 11.7. The molecule has 0 aliphatic rings. The van der Waals surface area contributed by atoms with Gasteiger partial charge in [-0.15, -0.1) is 0 Å². The highest BCUT2D eigenvalue weighted by Crippen LogP contribution is 2.24. The number of carbonyl (C=O) groups is 1. The number of unbranched alkanes of at least 4 members (excludes halogenated alkanes) is 1. The van der Waals surface area contributed by atoms with Crippen molar-refractivity contribution in [2.24, 2.45) is 0 Å². The highest BCUT2D eigenvalue weighted by atomic mass is 16.3. The summed E-state index contributed by atoms with van der Waals surface area (Å²) in [5.41, 5.74) is 3.46. The quantitative estimate of drug-likeness (QED) is 0.791. The summed E-state index contributed by atoms with van der Waals surface area (Å²) in [6, 6.07) is 5.78. The number of hydrogen-bond acceptors (Lipinski definition) is 2. The van der Waals surface area contributed by atoms with Gasteiger partial charge in [0.1, 0.15) is 0 Å². The standard InChI is InChI=1S/C15H20O2/c1-4-5-8-13(12(3)17)14-9-6-7-11(2)15(14)10-16/h6-9,16H,4-5,10H2,1-3H3/b13-8+. The number of aliphatic hydroxyl groups is 1. The van der Waals surface area contributed by atoms with E-state index in [-0.39, 0.29) is 12.4 Å². The first-order chi connectivity index (χ1) is 8.11. The number of aryl methyl sites for hydroxylation is 1. The Morgan fingerprint density at radius 1 is 1.41 bits per heavy atom. The first-order valence-electron chi connectivity index (χ1n) is 6.02. The topological polar surface area (TPSA) is 37.3 Å². The molecule has 1 aromatic carbocycles. The van der Waals surface area contributed by atoms with Crippen LogP contribution in [0.1, 0.15) is 43.4 Å². The molecular formula is C15H20O2. The minimum Gasteiger partial charge on any atom is -0.392 e. The van der Waals surface area contributed by atoms with E-state index in [4.69, 9.17) is 0 Å². The molecule has 92 valence electrons. The predicted molar refractivity (Wildman–Crippen MR) is 70.7 cm³/mol. The average molecular weight is 232 g/mol. The van der Waals surface area contributed by atoms with Gasteiger partial charge in [0.15, 0.2) is 5.78 Å². The van der Waals surface area contributed by atoms with Crippen molar-refractivity contribution in [2.45, 2.75) is 40.2 Å². The molecule has 0 atom stereocenters. The Labute approximate surface area is 103 Å². The smallest absolute Gasteiger partial charge is 0.160 e. The number of carbonyl (C=O) groups excluding carboxylic acids is 1. The zero-order chi connectivity index (χ0) is 12.8. The van der Waals surface area contributed by atoms with Crippen molar-refractivity contribution in [2.75, 3.05) is 0 Å². The monoisotopic (exact) mass is 232 g/mol. The number of hydrogen-bond donors (Lipinski definition) is 1. The van der Waals surface area contributed by atoms with E-state index in [0.29, 0.717) is 0 Å². The average Bonchev–Trinajstić information content (AvgIpc) is 2.29. The lowest BCUT2D eigenvalue weighted by molar-refractivity contribution is -0.111. The van der Waals surface area contributed by atoms with Crippen LogP contribution in [0, 0.1) is 6.92 Å². The van der Waals surface area contributed by atoms with Crippen LogP contribution in [0.25, 0.3) is 5.57 Å². The third-order valence-corrected chi connectivity index (χ3v) is 2.87. The normalized spacial score (nSPS) is 11.6. The van der Waals surface area contributed by atoms with E-state index in [0.717, 1.165) is 35.1 Å². The molecule has 0 spiro atoms. The van der Waals surface area contributed by atoms with E-state index in [1.165, 1.54) is 0 Å². The summed E-state index contributed by atoms with van der Waals surface area (Å²) in [5, 5.41) is 9.42. The molecule has 0 aliphatic carbocycles. The number of ketones is 1. The molecule has 0 saturated carbocycles. The second-order valence-electron chi connectivity index (χ2n) is 4.22. The van der Waals surface area contributed by atoms with Crippen LogP contribution >= 0.6 is 0 Å². The summed E-state index contributed by atoms with van der Waals surface area (Å²) < 4.78 is 0. The number of Topliss-reactive ketones (excluding diaryl/α,β-unsaturated/α-hetero) is 1. The maximum atomic E-state index is 11.7. The van der Waals surface area contributed by atoms with Crippen LogP contribution in [0.5, 0.6) is 0 Å². The first kappa shape index (κ1) is 13.7. The van der Waals surface area contributed by atoms with E-state index < -0.39 is 0 Å². The molecule has 0 amide bonds. The molecule has 2 nitrogen and oxygen atoms in total. The van der Waals surface area contributed by atoms with Crippen LogP contribution in [0.15, 0.2) is 24.3 Å². The largest absolute Gasteiger partial charge is 0.392 e. The fourth-order valence-corrected chi connectivity index (χ4v) is 1.90. The van der Waals surface area contributed by atoms with E-state index >= 15 is 0 Å². The van der Waals surface area contributed by atoms with Crippen LogP contribution in [0.3, 0.4) is 0 Å². The Kier molecular flexibility index (Phi) is 5.11. The van der Waals surface area contributed by atoms with Crippen molar-refractivity contribution in [3.05, 3.63) is 41.0 Å². The molecule has 0 saturated heterocycles. The molecule has 17 heavy (non-hydrogen) atoms. The zero-order valence-corrected chi connectivity index (χ0v) is 10.8. The van der Waals surface area contributed by atoms with Crippen LogP contribution in [-0.4, -0.2) is 10.9 Å². The van der Waals surface area contributed by atoms with Gasteiger partial charge in [0, 0.05) is 5.57 Å². The number of benzene rings is 1. The molecule has 0 unspecified atom stereocenters. The highest BCUT2D eigenvalue weighted by Gasteiger charge is 2.12. The summed E-state index contributed by atoms with van der Waals surface area (Å²) in [7, 11) is 0. The van der Waals surface area contributed by atoms with Crippen LogP contribution in [0.4, 0.5) is 0 Å². The fourth-order valence-electron chi connectivity index (χ4n) is 1.90. The molecule has 0 radical (unpaired) electrons. The Balaban J connectivity index is 3.28. The molecule has 2 heteroatoms. The van der Waals surface area contributed by atoms with Crippen molar-refractivity contribution >= 4 is 11.4 Å². The van der Waals surface area contributed by atoms with Crippen molar-refractivity contribution in [1.29, 1.82) is 0 Å². The highest BCUT2D eigenvalue weighted by molar-refractivity contribution is 6.19. The predicted octanol–water partition coefficient (Wildman–Crippen LogP) is 3.26. The maximum absolute atomic E-state index is 11.7. The lowest BCUT2D eigenvalue weighted by atomic mass is 9.93. The van der Waals surface area contributed by atoms with Crippen LogP contribution in [-0.2, 0) is 11.4 Å². The summed E-state index contributed by atoms with van der Waals surface area (Å²) >= 11 is 0. The molecule has 1 aromatic rings. The molecule has 1 N–H and O–H groups in total. The molecule has 0 heterocycles. The van der Waals surface area contributed by atoms with Gasteiger partial charge in [0.2, 0.25) is 0 Å². The third-order valence-electron chi connectivity index (χ3n) is 2.87. The Bertz CT molecular complexity index is 431. The van der Waals surface area contributed by atoms with Gasteiger partial charge in [-0.25, -0.2) is 0 Å². The molecule has 0 aliphatic heterocycles. The van der Waals surface area contributed by atoms with E-state index in [1.807, 2.05) is 31.2 Å². The van der Waals surface area contributed by atoms with Gasteiger partial charge in [-0.2, -0.15) is 0 Å². The number of rotatable bonds is 5. The van der Waals surface area contributed by atoms with Gasteiger partial charge < -0.3 is 5.11 Å². The molecule has 1 rings (SSSR count). The SMILES string of the molecule is CCC/C=C(\C(C)=O)c1cccc(C)c1CO. The Morgan fingerprint density at radius 3 is 2.65 bits per heavy atom. The lowest BCUT2D eigenvalue weighted by Crippen LogP contribution is -2.02. The van der Waals surface area contributed by atoms with Gasteiger partial charge in [0.05, 0.1) is 6.61 Å². The Hall–Kier alpha value is -1.41. The lowest BCUT2D eigenvalue weighted by Gasteiger charge is -2.12. The zero-order valence-electron chi connectivity index (χ0n) is 10.8. The van der Waals surface area contributed by atoms with E-state index in [2.05, 4.69) is 6.92 Å². The van der Waals surface area contributed by atoms with Gasteiger partial charge in [-0.05, 0) is 37.0 Å². The van der Waals surface area contributed by atoms with Gasteiger partial charge >= 0.3 is 0 Å². The van der Waals surface area contributed by atoms with E-state index in [9.17, 15) is 9.90 Å². The molecular weight excluding hydrogens is 212 g/mol. The summed E-state index contributed by atoms with van der Waals surface area (Å²) in [5.74, 6) is 0.0544. The van der Waals surface area contributed by atoms with Crippen molar-refractivity contribution in [1.82, 2.24) is 0 Å². The van der Waals surface area contributed by atoms with Crippen LogP contribution < -0.4 is 0 Å². The Morgan fingerprint density at radius 2 is 2.12 bits per heavy atom. The second kappa shape index (κ2) is 6.36. The van der Waals surface area contributed by atoms with Crippen molar-refractivity contribution in [3.8, 4) is 0 Å². The van der Waals surface area contributed by atoms with Crippen molar-refractivity contribution in [3.63, 3.8) is 0 Å². The van der Waals surface area contributed by atoms with Crippen LogP contribution in [0.2, 0.25) is 0 Å². The van der Waals surface area contributed by atoms with E-state index in [1.54, 1.807) is 6.92 Å². The second-order valence-corrected chi connectivity index (χ2v) is 4.22. The first-order valence-corrected chi connectivity index (χ1v) is 6.02. The molecule has 0 aromatic heterocycles. The van der Waals surface area contributed by atoms with Gasteiger partial charge in [-0.1, -0.05) is 37.6 Å². The molecule has 0 bridgehead atoms. The minimum atomic E-state index is -0.0290. The van der Waals surface area contributed by atoms with Gasteiger partial charge in [-0.3, -0.25) is 4.79 Å². The fraction of sp³-hybridized carbons (Fsp3) is 0.400. The molecule has 0 fully saturated rings. The summed E-state index contributed by atoms with van der Waals surface area (Å²) in [6.45, 7) is 5.58. The maximum Gasteiger partial charge on any atom is 0.160 e. The number of allylic oxidation sites excluding steroid dienone is 2. The number of aliphatic hydroxyl groups excluding tert-OH is 1. The van der Waals surface area contributed by atoms with Gasteiger partial charge in [0.25, 0.3) is 0 Å². The minimum absolute atomic E-state index is 0.0290.